The van der Waals surface area contributed by atoms with Gasteiger partial charge >= 0.3 is 0 Å². The van der Waals surface area contributed by atoms with E-state index in [1.54, 1.807) is 19.1 Å². The molecule has 0 bridgehead atoms. The first-order chi connectivity index (χ1) is 17.5. The molecule has 0 radical (unpaired) electrons. The number of likely N-dealkylation sites (N-methyl/N-ethyl adjacent to an activating group) is 1. The number of carbonyl (C=O) groups is 2. The maximum Gasteiger partial charge on any atom is 0.257 e. The first-order valence-corrected chi connectivity index (χ1v) is 12.6. The van der Waals surface area contributed by atoms with E-state index < -0.39 is 0 Å². The van der Waals surface area contributed by atoms with Crippen LogP contribution in [0.5, 0.6) is 11.5 Å². The number of hydrogen-bond donors (Lipinski definition) is 1. The van der Waals surface area contributed by atoms with Crippen LogP contribution in [0.4, 0.5) is 0 Å². The van der Waals surface area contributed by atoms with Crippen LogP contribution in [0, 0.1) is 0 Å². The zero-order chi connectivity index (χ0) is 25.2. The van der Waals surface area contributed by atoms with Crippen molar-refractivity contribution >= 4 is 22.7 Å². The molecule has 2 amide bonds. The molecule has 5 rings (SSSR count). The average molecular weight is 491 g/mol. The number of benzene rings is 2. The van der Waals surface area contributed by atoms with Gasteiger partial charge < -0.3 is 29.2 Å². The second-order valence-corrected chi connectivity index (χ2v) is 9.63. The van der Waals surface area contributed by atoms with Gasteiger partial charge in [0.05, 0.1) is 19.2 Å². The minimum Gasteiger partial charge on any atom is -0.496 e. The molecule has 1 N–H and O–H groups in total. The van der Waals surface area contributed by atoms with Gasteiger partial charge in [-0.2, -0.15) is 0 Å². The highest BCUT2D eigenvalue weighted by atomic mass is 16.5. The van der Waals surface area contributed by atoms with E-state index in [9.17, 15) is 9.59 Å². The molecule has 36 heavy (non-hydrogen) atoms. The Morgan fingerprint density at radius 1 is 1.14 bits per heavy atom. The molecule has 1 aromatic heterocycles. The fraction of sp³-hybridized carbons (Fsp3) is 0.429. The van der Waals surface area contributed by atoms with Crippen molar-refractivity contribution in [2.45, 2.75) is 25.3 Å². The summed E-state index contributed by atoms with van der Waals surface area (Å²) in [4.78, 5) is 29.1. The highest BCUT2D eigenvalue weighted by Gasteiger charge is 2.25. The lowest BCUT2D eigenvalue weighted by Crippen LogP contribution is -2.36. The van der Waals surface area contributed by atoms with Gasteiger partial charge in [-0.3, -0.25) is 9.59 Å². The quantitative estimate of drug-likeness (QED) is 0.574. The summed E-state index contributed by atoms with van der Waals surface area (Å²) in [6, 6.07) is 12.2. The van der Waals surface area contributed by atoms with Gasteiger partial charge in [-0.1, -0.05) is 6.07 Å². The first-order valence-electron chi connectivity index (χ1n) is 12.6. The first kappa shape index (κ1) is 24.2. The number of nitrogens with zero attached hydrogens (tertiary/aromatic N) is 3. The summed E-state index contributed by atoms with van der Waals surface area (Å²) in [6.07, 6.45) is 5.05. The molecule has 1 fully saturated rings. The van der Waals surface area contributed by atoms with Crippen LogP contribution in [0.15, 0.2) is 42.6 Å². The van der Waals surface area contributed by atoms with Gasteiger partial charge in [0.25, 0.3) is 11.8 Å². The second kappa shape index (κ2) is 10.2. The van der Waals surface area contributed by atoms with Gasteiger partial charge in [0.15, 0.2) is 0 Å². The van der Waals surface area contributed by atoms with E-state index in [2.05, 4.69) is 27.0 Å². The van der Waals surface area contributed by atoms with Crippen LogP contribution in [-0.2, 0) is 6.42 Å². The predicted octanol–water partition coefficient (Wildman–Crippen LogP) is 3.35. The summed E-state index contributed by atoms with van der Waals surface area (Å²) in [5.41, 5.74) is 3.44. The van der Waals surface area contributed by atoms with E-state index >= 15 is 0 Å². The highest BCUT2D eigenvalue weighted by Crippen LogP contribution is 2.33. The predicted molar refractivity (Wildman–Crippen MR) is 139 cm³/mol. The molecule has 2 aromatic carbocycles. The number of rotatable bonds is 6. The lowest BCUT2D eigenvalue weighted by Gasteiger charge is -2.33. The molecule has 8 heteroatoms. The molecular weight excluding hydrogens is 456 g/mol. The van der Waals surface area contributed by atoms with Crippen molar-refractivity contribution in [3.63, 3.8) is 0 Å². The fourth-order valence-electron chi connectivity index (χ4n) is 5.33. The van der Waals surface area contributed by atoms with Crippen molar-refractivity contribution in [2.24, 2.45) is 0 Å². The fourth-order valence-corrected chi connectivity index (χ4v) is 5.33. The van der Waals surface area contributed by atoms with Crippen molar-refractivity contribution in [3.05, 3.63) is 59.3 Å². The van der Waals surface area contributed by atoms with Crippen molar-refractivity contribution in [2.75, 3.05) is 54.0 Å². The van der Waals surface area contributed by atoms with Crippen molar-refractivity contribution in [1.82, 2.24) is 19.7 Å². The average Bonchev–Trinajstić information content (AvgIpc) is 3.28. The Morgan fingerprint density at radius 2 is 1.94 bits per heavy atom. The monoisotopic (exact) mass is 490 g/mol. The lowest BCUT2D eigenvalue weighted by atomic mass is 10.0. The molecule has 1 saturated heterocycles. The summed E-state index contributed by atoms with van der Waals surface area (Å²) in [5, 5.41) is 3.87. The number of hydrogen-bond acceptors (Lipinski definition) is 5. The third kappa shape index (κ3) is 4.65. The molecule has 2 aliphatic heterocycles. The number of methoxy groups -OCH3 is 1. The molecule has 8 nitrogen and oxygen atoms in total. The maximum absolute atomic E-state index is 12.8. The summed E-state index contributed by atoms with van der Waals surface area (Å²) in [7, 11) is 5.13. The molecule has 3 heterocycles. The largest absolute Gasteiger partial charge is 0.496 e. The van der Waals surface area contributed by atoms with Crippen molar-refractivity contribution < 1.29 is 19.1 Å². The Balaban J connectivity index is 1.25. The minimum absolute atomic E-state index is 0.00857. The molecule has 0 unspecified atom stereocenters. The lowest BCUT2D eigenvalue weighted by molar-refractivity contribution is 0.0796. The van der Waals surface area contributed by atoms with Crippen LogP contribution < -0.4 is 14.8 Å². The number of carbonyl (C=O) groups excluding carboxylic acids is 2. The smallest absolute Gasteiger partial charge is 0.257 e. The van der Waals surface area contributed by atoms with Crippen LogP contribution in [0.3, 0.4) is 0 Å². The highest BCUT2D eigenvalue weighted by molar-refractivity contribution is 5.98. The number of aromatic nitrogens is 1. The van der Waals surface area contributed by atoms with Crippen LogP contribution in [0.25, 0.3) is 10.9 Å². The topological polar surface area (TPSA) is 76.0 Å². The van der Waals surface area contributed by atoms with Crippen LogP contribution >= 0.6 is 0 Å². The van der Waals surface area contributed by atoms with Crippen LogP contribution in [-0.4, -0.2) is 80.2 Å². The van der Waals surface area contributed by atoms with Gasteiger partial charge in [0.1, 0.15) is 18.1 Å². The molecule has 0 saturated carbocycles. The maximum atomic E-state index is 12.8. The summed E-state index contributed by atoms with van der Waals surface area (Å²) >= 11 is 0. The van der Waals surface area contributed by atoms with Gasteiger partial charge in [0, 0.05) is 63.1 Å². The zero-order valence-corrected chi connectivity index (χ0v) is 21.3. The third-order valence-electron chi connectivity index (χ3n) is 7.50. The Hall–Kier alpha value is -3.52. The van der Waals surface area contributed by atoms with E-state index in [4.69, 9.17) is 9.47 Å². The number of fused-ring (bicyclic) bond motifs is 2. The molecule has 190 valence electrons. The summed E-state index contributed by atoms with van der Waals surface area (Å²) in [6.45, 7) is 3.95. The molecule has 0 aliphatic carbocycles. The van der Waals surface area contributed by atoms with Gasteiger partial charge in [-0.05, 0) is 54.5 Å². The standard InChI is InChI=1S/C28H34N4O4/c1-29-27(33)21-5-4-19-7-13-32(24(19)17-21)22-8-11-31(12-9-22)10-6-20-16-23-26(18-25(20)35-3)36-15-14-30(2)28(23)34/h4-5,7,13,16-18,22H,6,8-12,14-15H2,1-3H3,(H,29,33). The number of piperidine rings is 1. The SMILES string of the molecule is CNC(=O)c1ccc2ccn(C3CCN(CCc4cc5c(cc4OC)OCCN(C)C5=O)CC3)c2c1. The summed E-state index contributed by atoms with van der Waals surface area (Å²) in [5.74, 6) is 1.30. The third-order valence-corrected chi connectivity index (χ3v) is 7.50. The van der Waals surface area contributed by atoms with Gasteiger partial charge in [-0.25, -0.2) is 0 Å². The van der Waals surface area contributed by atoms with E-state index in [-0.39, 0.29) is 11.8 Å². The second-order valence-electron chi connectivity index (χ2n) is 9.63. The number of ether oxygens (including phenoxy) is 2. The van der Waals surface area contributed by atoms with E-state index in [0.717, 1.165) is 61.1 Å². The van der Waals surface area contributed by atoms with E-state index in [1.807, 2.05) is 37.4 Å². The van der Waals surface area contributed by atoms with Crippen LogP contribution in [0.2, 0.25) is 0 Å². The number of likely N-dealkylation sites (tertiary alicyclic amines) is 1. The molecule has 0 spiro atoms. The van der Waals surface area contributed by atoms with Crippen molar-refractivity contribution in [3.8, 4) is 11.5 Å². The Labute approximate surface area is 211 Å². The Morgan fingerprint density at radius 3 is 2.69 bits per heavy atom. The van der Waals surface area contributed by atoms with Gasteiger partial charge in [-0.15, -0.1) is 0 Å². The van der Waals surface area contributed by atoms with E-state index in [0.29, 0.717) is 36.1 Å². The van der Waals surface area contributed by atoms with Crippen molar-refractivity contribution in [1.29, 1.82) is 0 Å². The molecule has 2 aliphatic rings. The normalized spacial score (nSPS) is 17.0. The van der Waals surface area contributed by atoms with Gasteiger partial charge in [0.2, 0.25) is 0 Å². The molecule has 0 atom stereocenters. The Kier molecular flexibility index (Phi) is 6.87. The number of nitrogens with one attached hydrogen (secondary N) is 1. The van der Waals surface area contributed by atoms with Crippen LogP contribution in [0.1, 0.15) is 45.2 Å². The number of amides is 2. The van der Waals surface area contributed by atoms with E-state index in [1.165, 1.54) is 0 Å². The Bertz CT molecular complexity index is 1280. The zero-order valence-electron chi connectivity index (χ0n) is 21.3. The minimum atomic E-state index is -0.0624. The molecule has 3 aromatic rings. The molecular formula is C28H34N4O4. The summed E-state index contributed by atoms with van der Waals surface area (Å²) < 4.78 is 13.8.